The lowest BCUT2D eigenvalue weighted by Crippen LogP contribution is -2.35. The summed E-state index contributed by atoms with van der Waals surface area (Å²) in [5, 5.41) is 16.6. The molecule has 16 heavy (non-hydrogen) atoms. The third kappa shape index (κ3) is 3.06. The van der Waals surface area contributed by atoms with Crippen LogP contribution >= 0.6 is 11.3 Å². The lowest BCUT2D eigenvalue weighted by atomic mass is 9.86. The Morgan fingerprint density at radius 2 is 2.44 bits per heavy atom. The van der Waals surface area contributed by atoms with Gasteiger partial charge in [-0.15, -0.1) is 0 Å². The fraction of sp³-hybridized carbons (Fsp3) is 0.583. The van der Waals surface area contributed by atoms with Gasteiger partial charge in [-0.2, -0.15) is 11.3 Å². The first-order valence-electron chi connectivity index (χ1n) is 5.73. The van der Waals surface area contributed by atoms with E-state index in [1.165, 1.54) is 5.56 Å². The van der Waals surface area contributed by atoms with Gasteiger partial charge < -0.3 is 10.4 Å². The van der Waals surface area contributed by atoms with E-state index in [0.29, 0.717) is 6.04 Å². The number of carboxylic acids is 1. The summed E-state index contributed by atoms with van der Waals surface area (Å²) in [5.41, 5.74) is 1.29. The number of carbonyl (C=O) groups is 1. The van der Waals surface area contributed by atoms with Gasteiger partial charge >= 0.3 is 5.97 Å². The molecule has 1 heterocycles. The highest BCUT2D eigenvalue weighted by atomic mass is 32.1. The maximum atomic E-state index is 10.9. The summed E-state index contributed by atoms with van der Waals surface area (Å²) in [6.45, 7) is 0.862. The van der Waals surface area contributed by atoms with E-state index in [2.05, 4.69) is 22.1 Å². The molecular weight excluding hydrogens is 222 g/mol. The minimum Gasteiger partial charge on any atom is -0.481 e. The molecule has 0 bridgehead atoms. The minimum atomic E-state index is -0.637. The average molecular weight is 239 g/mol. The Morgan fingerprint density at radius 3 is 3.12 bits per heavy atom. The van der Waals surface area contributed by atoms with Gasteiger partial charge in [0, 0.05) is 12.6 Å². The molecule has 1 saturated carbocycles. The van der Waals surface area contributed by atoms with E-state index in [0.717, 1.165) is 32.2 Å². The molecule has 0 spiro atoms. The number of hydrogen-bond donors (Lipinski definition) is 2. The van der Waals surface area contributed by atoms with Crippen molar-refractivity contribution in [2.75, 3.05) is 0 Å². The second-order valence-corrected chi connectivity index (χ2v) is 5.19. The molecule has 2 unspecified atom stereocenters. The maximum Gasteiger partial charge on any atom is 0.306 e. The molecule has 0 aliphatic heterocycles. The van der Waals surface area contributed by atoms with Crippen LogP contribution in [0.2, 0.25) is 0 Å². The van der Waals surface area contributed by atoms with Gasteiger partial charge in [0.1, 0.15) is 0 Å². The number of aliphatic carboxylic acids is 1. The zero-order valence-corrected chi connectivity index (χ0v) is 10.0. The Bertz CT molecular complexity index is 337. The Kier molecular flexibility index (Phi) is 3.96. The van der Waals surface area contributed by atoms with Crippen molar-refractivity contribution in [3.63, 3.8) is 0 Å². The summed E-state index contributed by atoms with van der Waals surface area (Å²) in [4.78, 5) is 10.9. The molecule has 2 atom stereocenters. The maximum absolute atomic E-state index is 10.9. The van der Waals surface area contributed by atoms with Crippen LogP contribution in [0.5, 0.6) is 0 Å². The van der Waals surface area contributed by atoms with Gasteiger partial charge in [0.2, 0.25) is 0 Å². The van der Waals surface area contributed by atoms with Crippen LogP contribution in [0.15, 0.2) is 16.8 Å². The summed E-state index contributed by atoms with van der Waals surface area (Å²) in [6.07, 6.45) is 3.75. The third-order valence-corrected chi connectivity index (χ3v) is 3.93. The first-order chi connectivity index (χ1) is 7.75. The van der Waals surface area contributed by atoms with Crippen LogP contribution in [0, 0.1) is 5.92 Å². The number of hydrogen-bond acceptors (Lipinski definition) is 3. The fourth-order valence-electron chi connectivity index (χ4n) is 2.25. The van der Waals surface area contributed by atoms with E-state index in [-0.39, 0.29) is 5.92 Å². The van der Waals surface area contributed by atoms with Crippen molar-refractivity contribution in [2.24, 2.45) is 5.92 Å². The molecule has 1 aliphatic rings. The van der Waals surface area contributed by atoms with Crippen molar-refractivity contribution in [3.05, 3.63) is 22.4 Å². The zero-order chi connectivity index (χ0) is 11.4. The normalized spacial score (nSPS) is 25.5. The monoisotopic (exact) mass is 239 g/mol. The average Bonchev–Trinajstić information content (AvgIpc) is 2.79. The number of thiophene rings is 1. The van der Waals surface area contributed by atoms with Crippen LogP contribution in [0.25, 0.3) is 0 Å². The first-order valence-corrected chi connectivity index (χ1v) is 6.67. The van der Waals surface area contributed by atoms with Gasteiger partial charge in [-0.05, 0) is 41.7 Å². The molecule has 2 N–H and O–H groups in total. The van der Waals surface area contributed by atoms with Crippen molar-refractivity contribution < 1.29 is 9.90 Å². The first kappa shape index (κ1) is 11.6. The molecule has 3 nitrogen and oxygen atoms in total. The van der Waals surface area contributed by atoms with Gasteiger partial charge in [-0.3, -0.25) is 4.79 Å². The Labute approximate surface area is 99.5 Å². The largest absolute Gasteiger partial charge is 0.481 e. The van der Waals surface area contributed by atoms with E-state index in [1.807, 2.05) is 0 Å². The molecular formula is C12H17NO2S. The van der Waals surface area contributed by atoms with E-state index in [4.69, 9.17) is 5.11 Å². The van der Waals surface area contributed by atoms with E-state index < -0.39 is 5.97 Å². The Hall–Kier alpha value is -0.870. The van der Waals surface area contributed by atoms with E-state index in [1.54, 1.807) is 11.3 Å². The number of rotatable bonds is 4. The molecule has 0 aromatic carbocycles. The minimum absolute atomic E-state index is 0.145. The molecule has 1 fully saturated rings. The zero-order valence-electron chi connectivity index (χ0n) is 9.19. The predicted octanol–water partition coefficient (Wildman–Crippen LogP) is 2.48. The smallest absolute Gasteiger partial charge is 0.306 e. The topological polar surface area (TPSA) is 49.3 Å². The van der Waals surface area contributed by atoms with Crippen molar-refractivity contribution in [3.8, 4) is 0 Å². The van der Waals surface area contributed by atoms with Crippen LogP contribution in [0.3, 0.4) is 0 Å². The van der Waals surface area contributed by atoms with Gasteiger partial charge in [0.25, 0.3) is 0 Å². The number of nitrogens with one attached hydrogen (secondary N) is 1. The highest BCUT2D eigenvalue weighted by Gasteiger charge is 2.26. The molecule has 4 heteroatoms. The molecule has 1 aromatic rings. The van der Waals surface area contributed by atoms with Gasteiger partial charge in [-0.25, -0.2) is 0 Å². The molecule has 0 radical (unpaired) electrons. The highest BCUT2D eigenvalue weighted by Crippen LogP contribution is 2.24. The van der Waals surface area contributed by atoms with Crippen LogP contribution in [-0.4, -0.2) is 17.1 Å². The number of carboxylic acid groups (broad SMARTS) is 1. The van der Waals surface area contributed by atoms with Gasteiger partial charge in [0.05, 0.1) is 5.92 Å². The summed E-state index contributed by atoms with van der Waals surface area (Å²) in [5.74, 6) is -0.782. The molecule has 2 rings (SSSR count). The van der Waals surface area contributed by atoms with E-state index >= 15 is 0 Å². The highest BCUT2D eigenvalue weighted by molar-refractivity contribution is 7.07. The summed E-state index contributed by atoms with van der Waals surface area (Å²) < 4.78 is 0. The van der Waals surface area contributed by atoms with Crippen LogP contribution in [0.4, 0.5) is 0 Å². The SMILES string of the molecule is O=C(O)C1CCCC(NCc2ccsc2)C1. The van der Waals surface area contributed by atoms with Gasteiger partial charge in [0.15, 0.2) is 0 Å². The summed E-state index contributed by atoms with van der Waals surface area (Å²) in [7, 11) is 0. The van der Waals surface area contributed by atoms with Crippen molar-refractivity contribution in [1.82, 2.24) is 5.32 Å². The fourth-order valence-corrected chi connectivity index (χ4v) is 2.92. The van der Waals surface area contributed by atoms with Crippen LogP contribution in [0.1, 0.15) is 31.2 Å². The second kappa shape index (κ2) is 5.46. The third-order valence-electron chi connectivity index (χ3n) is 3.20. The predicted molar refractivity (Wildman–Crippen MR) is 64.5 cm³/mol. The molecule has 88 valence electrons. The summed E-state index contributed by atoms with van der Waals surface area (Å²) >= 11 is 1.70. The van der Waals surface area contributed by atoms with E-state index in [9.17, 15) is 4.79 Å². The Morgan fingerprint density at radius 1 is 1.56 bits per heavy atom. The van der Waals surface area contributed by atoms with Crippen LogP contribution in [-0.2, 0) is 11.3 Å². The van der Waals surface area contributed by atoms with Crippen molar-refractivity contribution in [1.29, 1.82) is 0 Å². The quantitative estimate of drug-likeness (QED) is 0.848. The molecule has 1 aliphatic carbocycles. The lowest BCUT2D eigenvalue weighted by molar-refractivity contribution is -0.143. The van der Waals surface area contributed by atoms with Crippen LogP contribution < -0.4 is 5.32 Å². The lowest BCUT2D eigenvalue weighted by Gasteiger charge is -2.27. The second-order valence-electron chi connectivity index (χ2n) is 4.41. The Balaban J connectivity index is 1.79. The standard InChI is InChI=1S/C12H17NO2S/c14-12(15)10-2-1-3-11(6-10)13-7-9-4-5-16-8-9/h4-5,8,10-11,13H,1-3,6-7H2,(H,14,15). The van der Waals surface area contributed by atoms with Crippen molar-refractivity contribution >= 4 is 17.3 Å². The van der Waals surface area contributed by atoms with Gasteiger partial charge in [-0.1, -0.05) is 6.42 Å². The summed E-state index contributed by atoms with van der Waals surface area (Å²) in [6, 6.07) is 2.48. The van der Waals surface area contributed by atoms with Crippen molar-refractivity contribution in [2.45, 2.75) is 38.3 Å². The molecule has 1 aromatic heterocycles. The molecule has 0 amide bonds. The molecule has 0 saturated heterocycles.